The van der Waals surface area contributed by atoms with Crippen LogP contribution in [0.25, 0.3) is 0 Å². The Hall–Kier alpha value is -1.82. The Bertz CT molecular complexity index is 340. The van der Waals surface area contributed by atoms with Crippen LogP contribution in [0, 0.1) is 12.3 Å². The molecule has 0 fully saturated rings. The summed E-state index contributed by atoms with van der Waals surface area (Å²) in [6.07, 6.45) is 8.82. The van der Waals surface area contributed by atoms with Crippen LogP contribution in [0.2, 0.25) is 0 Å². The fraction of sp³-hybridized carbons (Fsp3) is 0.273. The van der Waals surface area contributed by atoms with Crippen LogP contribution in [0.1, 0.15) is 5.56 Å². The van der Waals surface area contributed by atoms with Crippen LogP contribution < -0.4 is 0 Å². The molecule has 0 aliphatic heterocycles. The van der Waals surface area contributed by atoms with Crippen LogP contribution in [-0.2, 0) is 11.2 Å². The Balaban J connectivity index is 2.54. The van der Waals surface area contributed by atoms with Gasteiger partial charge in [0.25, 0.3) is 0 Å². The summed E-state index contributed by atoms with van der Waals surface area (Å²) in [5.74, 6) is 2.43. The van der Waals surface area contributed by atoms with Crippen LogP contribution in [-0.4, -0.2) is 29.4 Å². The number of nitrogens with zero attached hydrogens (tertiary/aromatic N) is 2. The lowest BCUT2D eigenvalue weighted by Gasteiger charge is -2.13. The van der Waals surface area contributed by atoms with E-state index < -0.39 is 0 Å². The van der Waals surface area contributed by atoms with Crippen molar-refractivity contribution in [2.24, 2.45) is 0 Å². The lowest BCUT2D eigenvalue weighted by atomic mass is 10.2. The zero-order chi connectivity index (χ0) is 10.4. The fourth-order valence-electron chi connectivity index (χ4n) is 1.04. The van der Waals surface area contributed by atoms with Crippen LogP contribution >= 0.6 is 0 Å². The van der Waals surface area contributed by atoms with E-state index in [1.165, 1.54) is 4.90 Å². The van der Waals surface area contributed by atoms with E-state index in [4.69, 9.17) is 6.42 Å². The third-order valence-corrected chi connectivity index (χ3v) is 1.83. The number of likely N-dealkylation sites (N-methyl/N-ethyl adjacent to an activating group) is 1. The molecule has 1 heterocycles. The molecular weight excluding hydrogens is 176 g/mol. The Labute approximate surface area is 83.8 Å². The molecule has 0 aliphatic rings. The molecule has 1 aromatic heterocycles. The van der Waals surface area contributed by atoms with Gasteiger partial charge in [0.1, 0.15) is 0 Å². The topological polar surface area (TPSA) is 33.2 Å². The van der Waals surface area contributed by atoms with Crippen LogP contribution in [0.4, 0.5) is 0 Å². The maximum Gasteiger partial charge on any atom is 0.227 e. The number of carbonyl (C=O) groups is 1. The van der Waals surface area contributed by atoms with Gasteiger partial charge in [-0.15, -0.1) is 6.42 Å². The summed E-state index contributed by atoms with van der Waals surface area (Å²) in [5.41, 5.74) is 0.904. The molecule has 0 radical (unpaired) electrons. The van der Waals surface area contributed by atoms with E-state index in [0.717, 1.165) is 5.56 Å². The van der Waals surface area contributed by atoms with Gasteiger partial charge in [0.05, 0.1) is 13.0 Å². The van der Waals surface area contributed by atoms with E-state index in [0.29, 0.717) is 13.0 Å². The highest BCUT2D eigenvalue weighted by atomic mass is 16.2. The zero-order valence-corrected chi connectivity index (χ0v) is 8.10. The van der Waals surface area contributed by atoms with Crippen molar-refractivity contribution < 1.29 is 4.79 Å². The van der Waals surface area contributed by atoms with Gasteiger partial charge in [-0.2, -0.15) is 0 Å². The van der Waals surface area contributed by atoms with Gasteiger partial charge in [0.15, 0.2) is 0 Å². The molecule has 0 N–H and O–H groups in total. The predicted molar refractivity (Wildman–Crippen MR) is 54.4 cm³/mol. The highest BCUT2D eigenvalue weighted by Gasteiger charge is 2.07. The van der Waals surface area contributed by atoms with E-state index in [2.05, 4.69) is 10.9 Å². The second-order valence-corrected chi connectivity index (χ2v) is 2.99. The summed E-state index contributed by atoms with van der Waals surface area (Å²) >= 11 is 0. The van der Waals surface area contributed by atoms with Crippen LogP contribution in [0.15, 0.2) is 24.5 Å². The molecule has 0 aliphatic carbocycles. The molecule has 0 unspecified atom stereocenters. The third-order valence-electron chi connectivity index (χ3n) is 1.83. The molecule has 0 atom stereocenters. The van der Waals surface area contributed by atoms with Crippen molar-refractivity contribution in [2.75, 3.05) is 13.6 Å². The first-order valence-electron chi connectivity index (χ1n) is 4.30. The van der Waals surface area contributed by atoms with Gasteiger partial charge in [-0.1, -0.05) is 12.0 Å². The Morgan fingerprint density at radius 1 is 1.71 bits per heavy atom. The van der Waals surface area contributed by atoms with Crippen molar-refractivity contribution in [3.63, 3.8) is 0 Å². The van der Waals surface area contributed by atoms with E-state index >= 15 is 0 Å². The minimum Gasteiger partial charge on any atom is -0.334 e. The number of hydrogen-bond acceptors (Lipinski definition) is 2. The van der Waals surface area contributed by atoms with E-state index in [-0.39, 0.29) is 5.91 Å². The highest BCUT2D eigenvalue weighted by Crippen LogP contribution is 1.99. The second-order valence-electron chi connectivity index (χ2n) is 2.99. The molecule has 1 rings (SSSR count). The molecule has 72 valence electrons. The van der Waals surface area contributed by atoms with Crippen molar-refractivity contribution in [3.8, 4) is 12.3 Å². The molecule has 0 saturated heterocycles. The maximum absolute atomic E-state index is 11.5. The second kappa shape index (κ2) is 5.03. The highest BCUT2D eigenvalue weighted by molar-refractivity contribution is 5.78. The summed E-state index contributed by atoms with van der Waals surface area (Å²) in [7, 11) is 1.69. The van der Waals surface area contributed by atoms with Gasteiger partial charge < -0.3 is 4.90 Å². The lowest BCUT2D eigenvalue weighted by Crippen LogP contribution is -2.28. The first-order chi connectivity index (χ1) is 6.74. The Kier molecular flexibility index (Phi) is 3.69. The Morgan fingerprint density at radius 3 is 3.07 bits per heavy atom. The maximum atomic E-state index is 11.5. The number of amides is 1. The number of pyridine rings is 1. The Morgan fingerprint density at radius 2 is 2.50 bits per heavy atom. The van der Waals surface area contributed by atoms with Gasteiger partial charge in [-0.3, -0.25) is 9.78 Å². The SMILES string of the molecule is C#CCN(C)C(=O)Cc1cccnc1. The number of aromatic nitrogens is 1. The van der Waals surface area contributed by atoms with Gasteiger partial charge in [0.2, 0.25) is 5.91 Å². The van der Waals surface area contributed by atoms with Gasteiger partial charge in [-0.05, 0) is 11.6 Å². The fourth-order valence-corrected chi connectivity index (χ4v) is 1.04. The summed E-state index contributed by atoms with van der Waals surface area (Å²) in [4.78, 5) is 17.0. The average molecular weight is 188 g/mol. The van der Waals surface area contributed by atoms with Crippen LogP contribution in [0.5, 0.6) is 0 Å². The summed E-state index contributed by atoms with van der Waals surface area (Å²) in [6, 6.07) is 3.68. The zero-order valence-electron chi connectivity index (χ0n) is 8.10. The summed E-state index contributed by atoms with van der Waals surface area (Å²) in [5, 5.41) is 0. The largest absolute Gasteiger partial charge is 0.334 e. The monoisotopic (exact) mass is 188 g/mol. The number of hydrogen-bond donors (Lipinski definition) is 0. The third kappa shape index (κ3) is 2.91. The minimum atomic E-state index is 0.0101. The first kappa shape index (κ1) is 10.3. The molecular formula is C11H12N2O. The van der Waals surface area contributed by atoms with Crippen molar-refractivity contribution in [3.05, 3.63) is 30.1 Å². The summed E-state index contributed by atoms with van der Waals surface area (Å²) in [6.45, 7) is 0.346. The molecule has 0 bridgehead atoms. The molecule has 3 heteroatoms. The first-order valence-corrected chi connectivity index (χ1v) is 4.30. The molecule has 3 nitrogen and oxygen atoms in total. The molecule has 0 aromatic carbocycles. The van der Waals surface area contributed by atoms with Crippen LogP contribution in [0.3, 0.4) is 0 Å². The predicted octanol–water partition coefficient (Wildman–Crippen LogP) is 0.716. The normalized spacial score (nSPS) is 9.14. The van der Waals surface area contributed by atoms with Crippen molar-refractivity contribution in [1.29, 1.82) is 0 Å². The average Bonchev–Trinajstić information content (AvgIpc) is 2.19. The van der Waals surface area contributed by atoms with Crippen molar-refractivity contribution in [2.45, 2.75) is 6.42 Å². The molecule has 1 aromatic rings. The standard InChI is InChI=1S/C11H12N2O/c1-3-7-13(2)11(14)8-10-5-4-6-12-9-10/h1,4-6,9H,7-8H2,2H3. The van der Waals surface area contributed by atoms with E-state index in [9.17, 15) is 4.79 Å². The van der Waals surface area contributed by atoms with Crippen molar-refractivity contribution >= 4 is 5.91 Å². The smallest absolute Gasteiger partial charge is 0.227 e. The molecule has 1 amide bonds. The summed E-state index contributed by atoms with van der Waals surface area (Å²) < 4.78 is 0. The lowest BCUT2D eigenvalue weighted by molar-refractivity contribution is -0.128. The number of terminal acetylenes is 1. The van der Waals surface area contributed by atoms with Gasteiger partial charge in [0, 0.05) is 19.4 Å². The van der Waals surface area contributed by atoms with Gasteiger partial charge in [-0.25, -0.2) is 0 Å². The number of carbonyl (C=O) groups excluding carboxylic acids is 1. The number of rotatable bonds is 3. The molecule has 14 heavy (non-hydrogen) atoms. The van der Waals surface area contributed by atoms with Gasteiger partial charge >= 0.3 is 0 Å². The quantitative estimate of drug-likeness (QED) is 0.655. The van der Waals surface area contributed by atoms with E-state index in [1.807, 2.05) is 12.1 Å². The van der Waals surface area contributed by atoms with E-state index in [1.54, 1.807) is 19.4 Å². The minimum absolute atomic E-state index is 0.0101. The molecule has 0 saturated carbocycles. The molecule has 0 spiro atoms. The van der Waals surface area contributed by atoms with Crippen molar-refractivity contribution in [1.82, 2.24) is 9.88 Å².